The van der Waals surface area contributed by atoms with Crippen molar-refractivity contribution in [1.82, 2.24) is 35.2 Å². The van der Waals surface area contributed by atoms with Gasteiger partial charge in [-0.1, -0.05) is 6.07 Å². The van der Waals surface area contributed by atoms with Crippen molar-refractivity contribution in [2.75, 3.05) is 41.7 Å². The van der Waals surface area contributed by atoms with Gasteiger partial charge in [0.1, 0.15) is 23.1 Å². The number of rotatable bonds is 6. The molecule has 0 spiro atoms. The molecule has 1 fully saturated rings. The van der Waals surface area contributed by atoms with E-state index in [4.69, 9.17) is 0 Å². The Morgan fingerprint density at radius 3 is 2.39 bits per heavy atom. The highest BCUT2D eigenvalue weighted by atomic mass is 15.2. The lowest BCUT2D eigenvalue weighted by molar-refractivity contribution is 0.589. The van der Waals surface area contributed by atoms with E-state index in [1.807, 2.05) is 37.4 Å². The van der Waals surface area contributed by atoms with Crippen LogP contribution in [-0.2, 0) is 0 Å². The molecule has 0 atom stereocenters. The summed E-state index contributed by atoms with van der Waals surface area (Å²) < 4.78 is 0. The SMILES string of the molecule is Cc1cccc(-c2nccc(Nc3ccnc(Nc4ccc(N5CCNCC5)cn4)n3)n2)n1. The summed E-state index contributed by atoms with van der Waals surface area (Å²) in [5.41, 5.74) is 2.75. The molecular weight excluding hydrogens is 416 g/mol. The third kappa shape index (κ3) is 5.18. The molecule has 0 unspecified atom stereocenters. The van der Waals surface area contributed by atoms with Gasteiger partial charge in [0, 0.05) is 44.3 Å². The molecular formula is C23H24N10. The highest BCUT2D eigenvalue weighted by Crippen LogP contribution is 2.20. The number of anilines is 5. The zero-order valence-electron chi connectivity index (χ0n) is 18.2. The molecule has 0 bridgehead atoms. The third-order valence-electron chi connectivity index (χ3n) is 5.15. The van der Waals surface area contributed by atoms with E-state index >= 15 is 0 Å². The van der Waals surface area contributed by atoms with Gasteiger partial charge in [0.15, 0.2) is 5.82 Å². The first-order chi connectivity index (χ1) is 16.2. The van der Waals surface area contributed by atoms with Crippen molar-refractivity contribution >= 4 is 29.1 Å². The maximum absolute atomic E-state index is 4.56. The molecule has 0 aromatic carbocycles. The molecule has 3 N–H and O–H groups in total. The summed E-state index contributed by atoms with van der Waals surface area (Å²) in [5, 5.41) is 9.72. The molecule has 1 saturated heterocycles. The second kappa shape index (κ2) is 9.53. The Hall–Kier alpha value is -4.18. The van der Waals surface area contributed by atoms with Gasteiger partial charge in [-0.15, -0.1) is 0 Å². The van der Waals surface area contributed by atoms with Gasteiger partial charge in [-0.2, -0.15) is 4.98 Å². The Morgan fingerprint density at radius 1 is 0.788 bits per heavy atom. The van der Waals surface area contributed by atoms with Crippen molar-refractivity contribution in [3.05, 3.63) is 66.7 Å². The predicted molar refractivity (Wildman–Crippen MR) is 128 cm³/mol. The van der Waals surface area contributed by atoms with Gasteiger partial charge < -0.3 is 20.9 Å². The normalized spacial score (nSPS) is 13.5. The van der Waals surface area contributed by atoms with Crippen molar-refractivity contribution in [3.63, 3.8) is 0 Å². The van der Waals surface area contributed by atoms with Crippen molar-refractivity contribution in [1.29, 1.82) is 0 Å². The number of piperazine rings is 1. The van der Waals surface area contributed by atoms with Crippen LogP contribution in [0.3, 0.4) is 0 Å². The second-order valence-electron chi connectivity index (χ2n) is 7.58. The highest BCUT2D eigenvalue weighted by molar-refractivity contribution is 5.59. The average molecular weight is 441 g/mol. The number of hydrogen-bond acceptors (Lipinski definition) is 10. The van der Waals surface area contributed by atoms with Gasteiger partial charge in [0.05, 0.1) is 11.9 Å². The van der Waals surface area contributed by atoms with Crippen LogP contribution in [0.2, 0.25) is 0 Å². The lowest BCUT2D eigenvalue weighted by Gasteiger charge is -2.29. The topological polar surface area (TPSA) is 117 Å². The lowest BCUT2D eigenvalue weighted by atomic mass is 10.3. The van der Waals surface area contributed by atoms with Gasteiger partial charge in [0.25, 0.3) is 0 Å². The number of pyridine rings is 2. The Morgan fingerprint density at radius 2 is 1.61 bits per heavy atom. The molecule has 5 rings (SSSR count). The Balaban J connectivity index is 1.27. The quantitative estimate of drug-likeness (QED) is 0.413. The molecule has 0 saturated carbocycles. The van der Waals surface area contributed by atoms with Gasteiger partial charge in [-0.3, -0.25) is 0 Å². The molecule has 4 aromatic rings. The largest absolute Gasteiger partial charge is 0.368 e. The van der Waals surface area contributed by atoms with E-state index < -0.39 is 0 Å². The minimum Gasteiger partial charge on any atom is -0.368 e. The monoisotopic (exact) mass is 440 g/mol. The van der Waals surface area contributed by atoms with Crippen LogP contribution in [0, 0.1) is 6.92 Å². The summed E-state index contributed by atoms with van der Waals surface area (Å²) >= 11 is 0. The van der Waals surface area contributed by atoms with Crippen LogP contribution in [-0.4, -0.2) is 56.1 Å². The smallest absolute Gasteiger partial charge is 0.230 e. The standard InChI is InChI=1S/C23H24N10/c1-16-3-2-4-18(28-16)22-25-9-7-20(30-22)29-21-8-10-26-23(32-21)31-19-6-5-17(15-27-19)33-13-11-24-12-14-33/h2-10,15,24H,11-14H2,1H3,(H2,25,26,27,29,30,31,32). The number of nitrogens with zero attached hydrogens (tertiary/aromatic N) is 7. The molecule has 0 radical (unpaired) electrons. The Bertz CT molecular complexity index is 1220. The van der Waals surface area contributed by atoms with Crippen molar-refractivity contribution < 1.29 is 0 Å². The number of hydrogen-bond donors (Lipinski definition) is 3. The molecule has 1 aliphatic rings. The van der Waals surface area contributed by atoms with E-state index in [1.54, 1.807) is 24.5 Å². The molecule has 5 heterocycles. The molecule has 0 amide bonds. The van der Waals surface area contributed by atoms with E-state index in [0.717, 1.165) is 43.3 Å². The predicted octanol–water partition coefficient (Wildman–Crippen LogP) is 2.93. The van der Waals surface area contributed by atoms with Crippen LogP contribution in [0.4, 0.5) is 29.1 Å². The summed E-state index contributed by atoms with van der Waals surface area (Å²) in [6.45, 7) is 5.88. The second-order valence-corrected chi connectivity index (χ2v) is 7.58. The average Bonchev–Trinajstić information content (AvgIpc) is 2.85. The first kappa shape index (κ1) is 20.7. The van der Waals surface area contributed by atoms with Crippen LogP contribution in [0.15, 0.2) is 61.1 Å². The zero-order chi connectivity index (χ0) is 22.5. The highest BCUT2D eigenvalue weighted by Gasteiger charge is 2.11. The Kier molecular flexibility index (Phi) is 5.98. The van der Waals surface area contributed by atoms with Crippen molar-refractivity contribution in [3.8, 4) is 11.5 Å². The van der Waals surface area contributed by atoms with Gasteiger partial charge >= 0.3 is 0 Å². The first-order valence-electron chi connectivity index (χ1n) is 10.8. The summed E-state index contributed by atoms with van der Waals surface area (Å²) in [5.74, 6) is 2.89. The summed E-state index contributed by atoms with van der Waals surface area (Å²) in [6, 6.07) is 13.3. The van der Waals surface area contributed by atoms with Crippen molar-refractivity contribution in [2.24, 2.45) is 0 Å². The molecule has 1 aliphatic heterocycles. The van der Waals surface area contributed by atoms with E-state index in [9.17, 15) is 0 Å². The molecule has 166 valence electrons. The molecule has 33 heavy (non-hydrogen) atoms. The van der Waals surface area contributed by atoms with E-state index in [1.165, 1.54) is 0 Å². The number of nitrogens with one attached hydrogen (secondary N) is 3. The molecule has 0 aliphatic carbocycles. The van der Waals surface area contributed by atoms with Crippen LogP contribution in [0.5, 0.6) is 0 Å². The Labute approximate surface area is 191 Å². The molecule has 4 aromatic heterocycles. The van der Waals surface area contributed by atoms with Crippen LogP contribution >= 0.6 is 0 Å². The minimum absolute atomic E-state index is 0.442. The third-order valence-corrected chi connectivity index (χ3v) is 5.15. The van der Waals surface area contributed by atoms with Gasteiger partial charge in [-0.25, -0.2) is 24.9 Å². The maximum Gasteiger partial charge on any atom is 0.230 e. The zero-order valence-corrected chi connectivity index (χ0v) is 18.2. The summed E-state index contributed by atoms with van der Waals surface area (Å²) in [7, 11) is 0. The van der Waals surface area contributed by atoms with E-state index in [2.05, 4.69) is 56.8 Å². The van der Waals surface area contributed by atoms with E-state index in [0.29, 0.717) is 29.2 Å². The molecule has 10 nitrogen and oxygen atoms in total. The van der Waals surface area contributed by atoms with Crippen LogP contribution in [0.25, 0.3) is 11.5 Å². The first-order valence-corrected chi connectivity index (χ1v) is 10.8. The van der Waals surface area contributed by atoms with Gasteiger partial charge in [-0.05, 0) is 43.3 Å². The minimum atomic E-state index is 0.442. The molecule has 10 heteroatoms. The number of aryl methyl sites for hydroxylation is 1. The fourth-order valence-corrected chi connectivity index (χ4v) is 3.52. The van der Waals surface area contributed by atoms with Crippen LogP contribution < -0.4 is 20.9 Å². The fraction of sp³-hybridized carbons (Fsp3) is 0.217. The maximum atomic E-state index is 4.56. The van der Waals surface area contributed by atoms with E-state index in [-0.39, 0.29) is 0 Å². The summed E-state index contributed by atoms with van der Waals surface area (Å²) in [4.78, 5) is 29.0. The van der Waals surface area contributed by atoms with Crippen LogP contribution in [0.1, 0.15) is 5.69 Å². The fourth-order valence-electron chi connectivity index (χ4n) is 3.52. The van der Waals surface area contributed by atoms with Gasteiger partial charge in [0.2, 0.25) is 5.95 Å². The summed E-state index contributed by atoms with van der Waals surface area (Å²) in [6.07, 6.45) is 5.24. The lowest BCUT2D eigenvalue weighted by Crippen LogP contribution is -2.43. The van der Waals surface area contributed by atoms with Crippen molar-refractivity contribution in [2.45, 2.75) is 6.92 Å². The number of aromatic nitrogens is 6.